The zero-order valence-corrected chi connectivity index (χ0v) is 21.6. The van der Waals surface area contributed by atoms with Crippen molar-refractivity contribution < 1.29 is 14.7 Å². The predicted octanol–water partition coefficient (Wildman–Crippen LogP) is 3.23. The van der Waals surface area contributed by atoms with E-state index in [2.05, 4.69) is 34.1 Å². The maximum atomic E-state index is 13.3. The molecule has 7 nitrogen and oxygen atoms in total. The number of aliphatic hydroxyl groups is 1. The number of hydrogen-bond donors (Lipinski definition) is 1. The van der Waals surface area contributed by atoms with Crippen molar-refractivity contribution in [3.05, 3.63) is 24.3 Å². The largest absolute Gasteiger partial charge is 0.392 e. The number of aliphatic hydroxyl groups excluding tert-OH is 1. The van der Waals surface area contributed by atoms with Gasteiger partial charge in [0.05, 0.1) is 22.6 Å². The lowest BCUT2D eigenvalue weighted by molar-refractivity contribution is -0.143. The highest BCUT2D eigenvalue weighted by Crippen LogP contribution is 2.56. The molecule has 2 bridgehead atoms. The first-order valence-electron chi connectivity index (χ1n) is 13.9. The second-order valence-corrected chi connectivity index (χ2v) is 12.6. The van der Waals surface area contributed by atoms with Gasteiger partial charge in [0.2, 0.25) is 11.8 Å². The molecule has 8 heteroatoms. The quantitative estimate of drug-likeness (QED) is 0.625. The number of nitrogens with zero attached hydrogens (tertiary/aromatic N) is 4. The van der Waals surface area contributed by atoms with E-state index in [0.717, 1.165) is 57.8 Å². The van der Waals surface area contributed by atoms with Crippen molar-refractivity contribution in [1.82, 2.24) is 14.2 Å². The maximum Gasteiger partial charge on any atom is 0.233 e. The number of carbonyl (C=O) groups excluding carboxylic acids is 2. The molecule has 1 N–H and O–H groups in total. The van der Waals surface area contributed by atoms with Crippen molar-refractivity contribution in [1.29, 1.82) is 0 Å². The summed E-state index contributed by atoms with van der Waals surface area (Å²) in [6.45, 7) is 5.69. The first-order valence-corrected chi connectivity index (χ1v) is 14.7. The topological polar surface area (TPSA) is 77.0 Å². The number of aromatic nitrogens is 1. The van der Waals surface area contributed by atoms with Crippen molar-refractivity contribution >= 4 is 39.3 Å². The fourth-order valence-corrected chi connectivity index (χ4v) is 9.05. The molecular weight excluding hydrogens is 472 g/mol. The number of imide groups is 1. The van der Waals surface area contributed by atoms with Gasteiger partial charge in [-0.2, -0.15) is 4.37 Å². The lowest BCUT2D eigenvalue weighted by Gasteiger charge is -2.40. The Morgan fingerprint density at radius 1 is 0.861 bits per heavy atom. The SMILES string of the molecule is O=C1C2C(C(=O)N1CC1CCCCC1CN1CCN(c3nsc4ccccc34)CC1)[C@@H]1CC[C@H]2C1O. The van der Waals surface area contributed by atoms with Gasteiger partial charge >= 0.3 is 0 Å². The third kappa shape index (κ3) is 3.63. The molecular formula is C28H36N4O3S. The molecule has 2 saturated heterocycles. The Hall–Kier alpha value is -2.03. The second kappa shape index (κ2) is 9.07. The van der Waals surface area contributed by atoms with E-state index in [1.165, 1.54) is 29.3 Å². The smallest absolute Gasteiger partial charge is 0.233 e. The van der Waals surface area contributed by atoms with Gasteiger partial charge in [-0.3, -0.25) is 19.4 Å². The number of piperazine rings is 1. The van der Waals surface area contributed by atoms with Crippen LogP contribution in [-0.4, -0.2) is 76.5 Å². The van der Waals surface area contributed by atoms with Gasteiger partial charge in [-0.1, -0.05) is 25.0 Å². The van der Waals surface area contributed by atoms with Crippen LogP contribution in [0.2, 0.25) is 0 Å². The van der Waals surface area contributed by atoms with Crippen molar-refractivity contribution in [3.63, 3.8) is 0 Å². The van der Waals surface area contributed by atoms with Crippen LogP contribution >= 0.6 is 11.5 Å². The van der Waals surface area contributed by atoms with Crippen LogP contribution in [0.1, 0.15) is 38.5 Å². The molecule has 3 aliphatic carbocycles. The first kappa shape index (κ1) is 23.1. The summed E-state index contributed by atoms with van der Waals surface area (Å²) in [6.07, 6.45) is 6.09. The van der Waals surface area contributed by atoms with Gasteiger partial charge in [-0.25, -0.2) is 0 Å². The van der Waals surface area contributed by atoms with Crippen LogP contribution in [0.3, 0.4) is 0 Å². The van der Waals surface area contributed by atoms with E-state index < -0.39 is 6.10 Å². The van der Waals surface area contributed by atoms with E-state index in [1.54, 1.807) is 16.4 Å². The van der Waals surface area contributed by atoms with Crippen LogP contribution in [0, 0.1) is 35.5 Å². The minimum Gasteiger partial charge on any atom is -0.392 e. The fourth-order valence-electron chi connectivity index (χ4n) is 8.26. The number of fused-ring (bicyclic) bond motifs is 6. The van der Waals surface area contributed by atoms with Crippen molar-refractivity contribution in [2.24, 2.45) is 35.5 Å². The molecule has 192 valence electrons. The van der Waals surface area contributed by atoms with E-state index >= 15 is 0 Å². The summed E-state index contributed by atoms with van der Waals surface area (Å²) in [5.41, 5.74) is 0. The Labute approximate surface area is 216 Å². The standard InChI is InChI=1S/C28H36N4O3S/c33-25-20-9-10-21(25)24-23(20)27(34)32(28(24)35)16-18-6-2-1-5-17(18)15-30-11-13-31(14-12-30)26-19-7-3-4-8-22(19)36-29-26/h3-4,7-8,17-18,20-21,23-25,33H,1-2,5-6,9-16H2/t17?,18?,20-,21+,23?,24?,25?. The number of likely N-dealkylation sites (tertiary alicyclic amines) is 1. The third-order valence-electron chi connectivity index (χ3n) is 10.1. The second-order valence-electron chi connectivity index (χ2n) is 11.8. The highest BCUT2D eigenvalue weighted by atomic mass is 32.1. The van der Waals surface area contributed by atoms with Crippen LogP contribution in [0.15, 0.2) is 24.3 Å². The van der Waals surface area contributed by atoms with E-state index in [0.29, 0.717) is 18.4 Å². The summed E-state index contributed by atoms with van der Waals surface area (Å²) < 4.78 is 6.00. The van der Waals surface area contributed by atoms with Crippen LogP contribution in [0.25, 0.3) is 10.1 Å². The third-order valence-corrected chi connectivity index (χ3v) is 10.9. The van der Waals surface area contributed by atoms with Crippen molar-refractivity contribution in [3.8, 4) is 0 Å². The summed E-state index contributed by atoms with van der Waals surface area (Å²) >= 11 is 1.58. The number of amides is 2. The van der Waals surface area contributed by atoms with Crippen LogP contribution < -0.4 is 4.90 Å². The molecule has 36 heavy (non-hydrogen) atoms. The highest BCUT2D eigenvalue weighted by Gasteiger charge is 2.65. The summed E-state index contributed by atoms with van der Waals surface area (Å²) in [6, 6.07) is 8.49. The van der Waals surface area contributed by atoms with Gasteiger partial charge in [0.15, 0.2) is 0 Å². The van der Waals surface area contributed by atoms with Crippen LogP contribution in [-0.2, 0) is 9.59 Å². The Bertz CT molecular complexity index is 1130. The summed E-state index contributed by atoms with van der Waals surface area (Å²) in [5.74, 6) is 1.62. The molecule has 2 aliphatic heterocycles. The Morgan fingerprint density at radius 3 is 2.19 bits per heavy atom. The van der Waals surface area contributed by atoms with E-state index in [-0.39, 0.29) is 35.5 Å². The number of carbonyl (C=O) groups is 2. The summed E-state index contributed by atoms with van der Waals surface area (Å²) in [4.78, 5) is 33.3. The highest BCUT2D eigenvalue weighted by molar-refractivity contribution is 7.13. The van der Waals surface area contributed by atoms with Gasteiger partial charge < -0.3 is 10.0 Å². The molecule has 5 fully saturated rings. The minimum absolute atomic E-state index is 0.00901. The molecule has 5 aliphatic rings. The molecule has 1 aromatic carbocycles. The first-order chi connectivity index (χ1) is 17.6. The molecule has 0 spiro atoms. The number of anilines is 1. The van der Waals surface area contributed by atoms with Gasteiger partial charge in [-0.05, 0) is 73.0 Å². The lowest BCUT2D eigenvalue weighted by atomic mass is 9.78. The summed E-state index contributed by atoms with van der Waals surface area (Å²) in [5, 5.41) is 11.8. The van der Waals surface area contributed by atoms with Crippen LogP contribution in [0.4, 0.5) is 5.82 Å². The van der Waals surface area contributed by atoms with Gasteiger partial charge in [0.1, 0.15) is 5.82 Å². The molecule has 1 aromatic heterocycles. The monoisotopic (exact) mass is 508 g/mol. The average molecular weight is 509 g/mol. The number of rotatable bonds is 5. The predicted molar refractivity (Wildman–Crippen MR) is 140 cm³/mol. The molecule has 2 aromatic rings. The van der Waals surface area contributed by atoms with Crippen molar-refractivity contribution in [2.45, 2.75) is 44.6 Å². The Kier molecular flexibility index (Phi) is 5.82. The normalized spacial score (nSPS) is 36.9. The van der Waals surface area contributed by atoms with Gasteiger partial charge in [0, 0.05) is 44.7 Å². The zero-order chi connectivity index (χ0) is 24.4. The van der Waals surface area contributed by atoms with Gasteiger partial charge in [-0.15, -0.1) is 0 Å². The molecule has 5 unspecified atom stereocenters. The molecule has 3 saturated carbocycles. The lowest BCUT2D eigenvalue weighted by Crippen LogP contribution is -2.50. The Morgan fingerprint density at radius 2 is 1.50 bits per heavy atom. The summed E-state index contributed by atoms with van der Waals surface area (Å²) in [7, 11) is 0. The van der Waals surface area contributed by atoms with Gasteiger partial charge in [0.25, 0.3) is 0 Å². The maximum absolute atomic E-state index is 13.3. The molecule has 3 heterocycles. The zero-order valence-electron chi connectivity index (χ0n) is 20.8. The number of benzene rings is 1. The van der Waals surface area contributed by atoms with E-state index in [4.69, 9.17) is 4.37 Å². The molecule has 7 atom stereocenters. The van der Waals surface area contributed by atoms with Crippen molar-refractivity contribution in [2.75, 3.05) is 44.2 Å². The average Bonchev–Trinajstić information content (AvgIpc) is 3.63. The molecule has 7 rings (SSSR count). The Balaban J connectivity index is 0.988. The van der Waals surface area contributed by atoms with E-state index in [1.807, 2.05) is 0 Å². The molecule has 2 amide bonds. The van der Waals surface area contributed by atoms with Crippen LogP contribution in [0.5, 0.6) is 0 Å². The minimum atomic E-state index is -0.446. The number of hydrogen-bond acceptors (Lipinski definition) is 7. The van der Waals surface area contributed by atoms with E-state index in [9.17, 15) is 14.7 Å². The molecule has 0 radical (unpaired) electrons. The fraction of sp³-hybridized carbons (Fsp3) is 0.679.